The Kier molecular flexibility index (Phi) is 7.70. The van der Waals surface area contributed by atoms with E-state index in [9.17, 15) is 14.4 Å². The largest absolute Gasteiger partial charge is 0.480 e. The molecule has 0 aliphatic rings. The van der Waals surface area contributed by atoms with Crippen LogP contribution in [-0.2, 0) is 14.4 Å². The van der Waals surface area contributed by atoms with Gasteiger partial charge in [0.15, 0.2) is 0 Å². The molecule has 0 bridgehead atoms. The van der Waals surface area contributed by atoms with Gasteiger partial charge in [0.05, 0.1) is 6.04 Å². The van der Waals surface area contributed by atoms with Gasteiger partial charge in [0, 0.05) is 12.2 Å². The molecule has 3 atom stereocenters. The Bertz CT molecular complexity index is 347. The Morgan fingerprint density at radius 3 is 2.16 bits per heavy atom. The quantitative estimate of drug-likeness (QED) is 0.633. The number of rotatable bonds is 7. The van der Waals surface area contributed by atoms with Gasteiger partial charge in [-0.05, 0) is 12.3 Å². The van der Waals surface area contributed by atoms with Crippen LogP contribution in [0, 0.1) is 5.92 Å². The van der Waals surface area contributed by atoms with Gasteiger partial charge in [0.25, 0.3) is 0 Å². The molecule has 7 heteroatoms. The molecular weight excluding hydrogens is 268 g/mol. The summed E-state index contributed by atoms with van der Waals surface area (Å²) in [4.78, 5) is 34.1. The first-order chi connectivity index (χ1) is 8.70. The Hall–Kier alpha value is -1.08. The number of carboxylic acid groups (broad SMARTS) is 1. The lowest BCUT2D eigenvalue weighted by Crippen LogP contribution is -2.48. The number of thioether (sulfide) groups is 1. The van der Waals surface area contributed by atoms with Gasteiger partial charge in [-0.1, -0.05) is 32.5 Å². The van der Waals surface area contributed by atoms with Gasteiger partial charge in [-0.25, -0.2) is 4.79 Å². The molecule has 0 radical (unpaired) electrons. The molecule has 2 unspecified atom stereocenters. The fourth-order valence-corrected chi connectivity index (χ4v) is 2.63. The van der Waals surface area contributed by atoms with Crippen LogP contribution in [0.4, 0.5) is 0 Å². The maximum absolute atomic E-state index is 11.9. The first-order valence-corrected chi connectivity index (χ1v) is 7.04. The summed E-state index contributed by atoms with van der Waals surface area (Å²) < 4.78 is 0. The van der Waals surface area contributed by atoms with Crippen molar-refractivity contribution in [1.29, 1.82) is 0 Å². The molecule has 0 fully saturated rings. The molecule has 110 valence electrons. The number of hydrogen-bond donors (Lipinski definition) is 3. The minimum atomic E-state index is -1.15. The summed E-state index contributed by atoms with van der Waals surface area (Å²) in [5.41, 5.74) is 5.74. The summed E-state index contributed by atoms with van der Waals surface area (Å²) >= 11 is 0.900. The van der Waals surface area contributed by atoms with E-state index in [1.807, 2.05) is 13.8 Å². The van der Waals surface area contributed by atoms with Crippen LogP contribution < -0.4 is 11.1 Å². The van der Waals surface area contributed by atoms with Crippen LogP contribution in [-0.4, -0.2) is 39.4 Å². The second-order valence-electron chi connectivity index (χ2n) is 4.67. The number of nitrogens with one attached hydrogen (secondary N) is 1. The fourth-order valence-electron chi connectivity index (χ4n) is 1.42. The summed E-state index contributed by atoms with van der Waals surface area (Å²) in [5.74, 6) is -1.60. The van der Waals surface area contributed by atoms with Gasteiger partial charge < -0.3 is 16.2 Å². The molecule has 0 saturated heterocycles. The van der Waals surface area contributed by atoms with Crippen molar-refractivity contribution >= 4 is 28.8 Å². The average molecular weight is 290 g/mol. The van der Waals surface area contributed by atoms with Gasteiger partial charge in [0.2, 0.25) is 11.0 Å². The van der Waals surface area contributed by atoms with E-state index >= 15 is 0 Å². The Balaban J connectivity index is 4.83. The number of amides is 1. The van der Waals surface area contributed by atoms with Crippen molar-refractivity contribution in [2.45, 2.75) is 51.4 Å². The van der Waals surface area contributed by atoms with Crippen LogP contribution in [0.5, 0.6) is 0 Å². The summed E-state index contributed by atoms with van der Waals surface area (Å²) in [6.45, 7) is 6.66. The second-order valence-corrected chi connectivity index (χ2v) is 5.91. The lowest BCUT2D eigenvalue weighted by molar-refractivity contribution is -0.141. The molecule has 0 saturated carbocycles. The molecule has 0 aromatic rings. The van der Waals surface area contributed by atoms with E-state index in [2.05, 4.69) is 5.32 Å². The Morgan fingerprint density at radius 2 is 1.84 bits per heavy atom. The third-order valence-corrected chi connectivity index (χ3v) is 4.07. The smallest absolute Gasteiger partial charge is 0.327 e. The molecule has 4 N–H and O–H groups in total. The van der Waals surface area contributed by atoms with Crippen LogP contribution >= 0.6 is 11.8 Å². The molecule has 0 aliphatic heterocycles. The minimum Gasteiger partial charge on any atom is -0.480 e. The molecule has 0 aromatic carbocycles. The van der Waals surface area contributed by atoms with Gasteiger partial charge in [-0.2, -0.15) is 0 Å². The van der Waals surface area contributed by atoms with Gasteiger partial charge in [-0.3, -0.25) is 9.59 Å². The van der Waals surface area contributed by atoms with E-state index in [1.54, 1.807) is 6.92 Å². The number of nitrogens with two attached hydrogens (primary N) is 1. The van der Waals surface area contributed by atoms with Crippen LogP contribution in [0.25, 0.3) is 0 Å². The predicted molar refractivity (Wildman–Crippen MR) is 74.7 cm³/mol. The highest BCUT2D eigenvalue weighted by atomic mass is 32.2. The first kappa shape index (κ1) is 17.9. The Labute approximate surface area is 117 Å². The maximum atomic E-state index is 11.9. The average Bonchev–Trinajstić information content (AvgIpc) is 2.31. The van der Waals surface area contributed by atoms with Crippen molar-refractivity contribution < 1.29 is 19.5 Å². The van der Waals surface area contributed by atoms with E-state index in [4.69, 9.17) is 10.8 Å². The summed E-state index contributed by atoms with van der Waals surface area (Å²) in [7, 11) is 0. The SMILES string of the molecule is CCC(SC(=O)[C@@H](N)C(C)C)C(NC(C)=O)C(=O)O. The minimum absolute atomic E-state index is 0.0125. The van der Waals surface area contributed by atoms with E-state index in [0.29, 0.717) is 6.42 Å². The highest BCUT2D eigenvalue weighted by Crippen LogP contribution is 2.22. The van der Waals surface area contributed by atoms with Crippen LogP contribution in [0.15, 0.2) is 0 Å². The number of carboxylic acids is 1. The van der Waals surface area contributed by atoms with Crippen molar-refractivity contribution in [1.82, 2.24) is 5.32 Å². The Morgan fingerprint density at radius 1 is 1.32 bits per heavy atom. The molecule has 19 heavy (non-hydrogen) atoms. The zero-order valence-electron chi connectivity index (χ0n) is 11.7. The zero-order chi connectivity index (χ0) is 15.2. The monoisotopic (exact) mass is 290 g/mol. The van der Waals surface area contributed by atoms with Crippen LogP contribution in [0.3, 0.4) is 0 Å². The molecule has 1 amide bonds. The van der Waals surface area contributed by atoms with Gasteiger partial charge in [-0.15, -0.1) is 0 Å². The first-order valence-electron chi connectivity index (χ1n) is 6.16. The summed E-state index contributed by atoms with van der Waals surface area (Å²) in [6, 6.07) is -1.72. The van der Waals surface area contributed by atoms with Crippen molar-refractivity contribution in [2.24, 2.45) is 11.7 Å². The van der Waals surface area contributed by atoms with Crippen LogP contribution in [0.2, 0.25) is 0 Å². The molecule has 0 spiro atoms. The summed E-state index contributed by atoms with van der Waals surface area (Å²) in [5, 5.41) is 10.7. The van der Waals surface area contributed by atoms with Gasteiger partial charge in [0.1, 0.15) is 6.04 Å². The van der Waals surface area contributed by atoms with Crippen molar-refractivity contribution in [3.63, 3.8) is 0 Å². The second kappa shape index (κ2) is 8.16. The third kappa shape index (κ3) is 6.07. The third-order valence-electron chi connectivity index (χ3n) is 2.66. The molecule has 6 nitrogen and oxygen atoms in total. The molecular formula is C12H22N2O4S. The lowest BCUT2D eigenvalue weighted by Gasteiger charge is -2.24. The predicted octanol–water partition coefficient (Wildman–Crippen LogP) is 0.597. The van der Waals surface area contributed by atoms with E-state index in [0.717, 1.165) is 11.8 Å². The highest BCUT2D eigenvalue weighted by Gasteiger charge is 2.32. The van der Waals surface area contributed by atoms with E-state index < -0.39 is 29.2 Å². The topological polar surface area (TPSA) is 109 Å². The molecule has 0 aromatic heterocycles. The molecule has 0 aliphatic carbocycles. The number of carbonyl (C=O) groups excluding carboxylic acids is 2. The highest BCUT2D eigenvalue weighted by molar-refractivity contribution is 8.14. The molecule has 0 rings (SSSR count). The lowest BCUT2D eigenvalue weighted by atomic mass is 10.1. The van der Waals surface area contributed by atoms with Gasteiger partial charge >= 0.3 is 5.97 Å². The van der Waals surface area contributed by atoms with Crippen molar-refractivity contribution in [2.75, 3.05) is 0 Å². The number of aliphatic carboxylic acids is 1. The standard InChI is InChI=1S/C12H22N2O4S/c1-5-8(10(11(16)17)14-7(4)15)19-12(18)9(13)6(2)3/h6,8-10H,5,13H2,1-4H3,(H,14,15)(H,16,17)/t8?,9-,10?/m0/s1. The van der Waals surface area contributed by atoms with Crippen LogP contribution in [0.1, 0.15) is 34.1 Å². The summed E-state index contributed by atoms with van der Waals surface area (Å²) in [6.07, 6.45) is 0.443. The van der Waals surface area contributed by atoms with E-state index in [-0.39, 0.29) is 11.0 Å². The van der Waals surface area contributed by atoms with Crippen molar-refractivity contribution in [3.8, 4) is 0 Å². The normalized spacial score (nSPS) is 15.7. The maximum Gasteiger partial charge on any atom is 0.327 e. The fraction of sp³-hybridized carbons (Fsp3) is 0.750. The van der Waals surface area contributed by atoms with Crippen molar-refractivity contribution in [3.05, 3.63) is 0 Å². The zero-order valence-corrected chi connectivity index (χ0v) is 12.5. The molecule has 0 heterocycles. The number of hydrogen-bond acceptors (Lipinski definition) is 5. The van der Waals surface area contributed by atoms with E-state index in [1.165, 1.54) is 6.92 Å². The number of carbonyl (C=O) groups is 3.